The Kier molecular flexibility index (Phi) is 5.33. The predicted molar refractivity (Wildman–Crippen MR) is 121 cm³/mol. The fourth-order valence-corrected chi connectivity index (χ4v) is 4.11. The SMILES string of the molecule is O=C(CSc1nc(-c2ccccc2)[nH]c1-c1ccccc1)Nc1ccc2c(c1)OCO2. The maximum Gasteiger partial charge on any atom is 0.234 e. The molecule has 0 atom stereocenters. The van der Waals surface area contributed by atoms with Gasteiger partial charge in [0.25, 0.3) is 0 Å². The van der Waals surface area contributed by atoms with Crippen molar-refractivity contribution in [3.8, 4) is 34.1 Å². The number of aromatic nitrogens is 2. The van der Waals surface area contributed by atoms with E-state index in [9.17, 15) is 4.79 Å². The van der Waals surface area contributed by atoms with E-state index in [4.69, 9.17) is 14.5 Å². The van der Waals surface area contributed by atoms with E-state index in [2.05, 4.69) is 10.3 Å². The van der Waals surface area contributed by atoms with Gasteiger partial charge in [0.05, 0.1) is 11.4 Å². The molecule has 2 heterocycles. The smallest absolute Gasteiger partial charge is 0.234 e. The molecule has 7 heteroatoms. The molecule has 0 aliphatic carbocycles. The number of hydrogen-bond donors (Lipinski definition) is 2. The van der Waals surface area contributed by atoms with Crippen LogP contribution in [0.5, 0.6) is 11.5 Å². The number of ether oxygens (including phenoxy) is 2. The van der Waals surface area contributed by atoms with Crippen LogP contribution >= 0.6 is 11.8 Å². The lowest BCUT2D eigenvalue weighted by molar-refractivity contribution is -0.113. The summed E-state index contributed by atoms with van der Waals surface area (Å²) in [7, 11) is 0. The van der Waals surface area contributed by atoms with Gasteiger partial charge in [0.2, 0.25) is 12.7 Å². The second-order valence-electron chi connectivity index (χ2n) is 6.90. The molecule has 3 aromatic carbocycles. The van der Waals surface area contributed by atoms with Crippen LogP contribution in [0.1, 0.15) is 0 Å². The Morgan fingerprint density at radius 3 is 2.42 bits per heavy atom. The quantitative estimate of drug-likeness (QED) is 0.412. The van der Waals surface area contributed by atoms with Gasteiger partial charge in [-0.1, -0.05) is 72.4 Å². The number of aromatic amines is 1. The van der Waals surface area contributed by atoms with Gasteiger partial charge in [0.1, 0.15) is 10.9 Å². The summed E-state index contributed by atoms with van der Waals surface area (Å²) in [6.45, 7) is 0.202. The molecule has 0 radical (unpaired) electrons. The van der Waals surface area contributed by atoms with E-state index in [0.29, 0.717) is 17.2 Å². The Balaban J connectivity index is 1.34. The van der Waals surface area contributed by atoms with Gasteiger partial charge >= 0.3 is 0 Å². The monoisotopic (exact) mass is 429 g/mol. The zero-order valence-corrected chi connectivity index (χ0v) is 17.3. The molecule has 1 aliphatic rings. The standard InChI is InChI=1S/C24H19N3O3S/c28-21(25-18-11-12-19-20(13-18)30-15-29-19)14-31-24-22(16-7-3-1-4-8-16)26-23(27-24)17-9-5-2-6-10-17/h1-13H,14-15H2,(H,25,28)(H,26,27). The molecule has 31 heavy (non-hydrogen) atoms. The van der Waals surface area contributed by atoms with Crippen molar-refractivity contribution in [1.82, 2.24) is 9.97 Å². The Morgan fingerprint density at radius 1 is 0.935 bits per heavy atom. The molecule has 0 spiro atoms. The fourth-order valence-electron chi connectivity index (χ4n) is 3.30. The number of anilines is 1. The van der Waals surface area contributed by atoms with Crippen molar-refractivity contribution < 1.29 is 14.3 Å². The van der Waals surface area contributed by atoms with Crippen LogP contribution in [0.15, 0.2) is 83.9 Å². The second kappa shape index (κ2) is 8.57. The summed E-state index contributed by atoms with van der Waals surface area (Å²) in [6, 6.07) is 25.3. The zero-order valence-electron chi connectivity index (χ0n) is 16.5. The van der Waals surface area contributed by atoms with E-state index in [1.54, 1.807) is 18.2 Å². The zero-order chi connectivity index (χ0) is 21.0. The largest absolute Gasteiger partial charge is 0.454 e. The molecule has 154 valence electrons. The molecule has 1 aromatic heterocycles. The van der Waals surface area contributed by atoms with Gasteiger partial charge in [-0.2, -0.15) is 0 Å². The summed E-state index contributed by atoms with van der Waals surface area (Å²) in [6.07, 6.45) is 0. The molecule has 4 aromatic rings. The molecule has 0 unspecified atom stereocenters. The highest BCUT2D eigenvalue weighted by Gasteiger charge is 2.17. The normalized spacial score (nSPS) is 12.0. The van der Waals surface area contributed by atoms with E-state index < -0.39 is 0 Å². The Hall–Kier alpha value is -3.71. The van der Waals surface area contributed by atoms with Gasteiger partial charge in [-0.25, -0.2) is 4.98 Å². The van der Waals surface area contributed by atoms with Crippen molar-refractivity contribution in [3.05, 3.63) is 78.9 Å². The first-order chi connectivity index (χ1) is 15.3. The first kappa shape index (κ1) is 19.3. The minimum absolute atomic E-state index is 0.118. The molecule has 1 amide bonds. The minimum atomic E-state index is -0.118. The van der Waals surface area contributed by atoms with Gasteiger partial charge < -0.3 is 19.8 Å². The Bertz CT molecular complexity index is 1210. The summed E-state index contributed by atoms with van der Waals surface area (Å²) in [4.78, 5) is 20.8. The number of carbonyl (C=O) groups excluding carboxylic acids is 1. The molecule has 0 fully saturated rings. The summed E-state index contributed by atoms with van der Waals surface area (Å²) in [5.74, 6) is 2.21. The lowest BCUT2D eigenvalue weighted by Crippen LogP contribution is -2.14. The van der Waals surface area contributed by atoms with Crippen LogP contribution in [0.2, 0.25) is 0 Å². The number of thioether (sulfide) groups is 1. The van der Waals surface area contributed by atoms with Crippen LogP contribution in [0.4, 0.5) is 5.69 Å². The first-order valence-corrected chi connectivity index (χ1v) is 10.8. The van der Waals surface area contributed by atoms with Crippen LogP contribution in [0.25, 0.3) is 22.6 Å². The van der Waals surface area contributed by atoms with E-state index in [1.165, 1.54) is 11.8 Å². The van der Waals surface area contributed by atoms with E-state index in [1.807, 2.05) is 60.7 Å². The van der Waals surface area contributed by atoms with Crippen molar-refractivity contribution in [3.63, 3.8) is 0 Å². The van der Waals surface area contributed by atoms with Crippen molar-refractivity contribution in [2.45, 2.75) is 5.03 Å². The number of H-pyrrole nitrogens is 1. The van der Waals surface area contributed by atoms with Gasteiger partial charge in [-0.3, -0.25) is 4.79 Å². The lowest BCUT2D eigenvalue weighted by Gasteiger charge is -2.06. The second-order valence-corrected chi connectivity index (χ2v) is 7.87. The first-order valence-electron chi connectivity index (χ1n) is 9.79. The van der Waals surface area contributed by atoms with E-state index >= 15 is 0 Å². The number of benzene rings is 3. The Morgan fingerprint density at radius 2 is 1.65 bits per heavy atom. The lowest BCUT2D eigenvalue weighted by atomic mass is 10.2. The van der Waals surface area contributed by atoms with Gasteiger partial charge in [-0.15, -0.1) is 0 Å². The van der Waals surface area contributed by atoms with Crippen LogP contribution in [-0.2, 0) is 4.79 Å². The van der Waals surface area contributed by atoms with Crippen LogP contribution in [0, 0.1) is 0 Å². The third-order valence-electron chi connectivity index (χ3n) is 4.78. The predicted octanol–water partition coefficient (Wildman–Crippen LogP) is 5.20. The van der Waals surface area contributed by atoms with E-state index in [0.717, 1.165) is 27.7 Å². The topological polar surface area (TPSA) is 76.2 Å². The summed E-state index contributed by atoms with van der Waals surface area (Å²) < 4.78 is 10.7. The van der Waals surface area contributed by atoms with Gasteiger partial charge in [0.15, 0.2) is 11.5 Å². The molecule has 1 aliphatic heterocycles. The molecule has 0 saturated carbocycles. The maximum atomic E-state index is 12.6. The fraction of sp³-hybridized carbons (Fsp3) is 0.0833. The van der Waals surface area contributed by atoms with Crippen LogP contribution in [-0.4, -0.2) is 28.4 Å². The average molecular weight is 430 g/mol. The Labute approximate surface area is 183 Å². The molecular weight excluding hydrogens is 410 g/mol. The molecule has 2 N–H and O–H groups in total. The number of nitrogens with zero attached hydrogens (tertiary/aromatic N) is 1. The summed E-state index contributed by atoms with van der Waals surface area (Å²) >= 11 is 1.40. The maximum absolute atomic E-state index is 12.6. The summed E-state index contributed by atoms with van der Waals surface area (Å²) in [5, 5.41) is 3.69. The highest BCUT2D eigenvalue weighted by atomic mass is 32.2. The number of hydrogen-bond acceptors (Lipinski definition) is 5. The highest BCUT2D eigenvalue weighted by molar-refractivity contribution is 8.00. The number of nitrogens with one attached hydrogen (secondary N) is 2. The van der Waals surface area contributed by atoms with E-state index in [-0.39, 0.29) is 18.5 Å². The summed E-state index contributed by atoms with van der Waals surface area (Å²) in [5.41, 5.74) is 3.60. The number of rotatable bonds is 6. The third-order valence-corrected chi connectivity index (χ3v) is 5.75. The van der Waals surface area contributed by atoms with Gasteiger partial charge in [-0.05, 0) is 12.1 Å². The van der Waals surface area contributed by atoms with Crippen molar-refractivity contribution in [1.29, 1.82) is 0 Å². The molecule has 0 saturated heterocycles. The number of fused-ring (bicyclic) bond motifs is 1. The number of carbonyl (C=O) groups is 1. The van der Waals surface area contributed by atoms with Crippen molar-refractivity contribution in [2.75, 3.05) is 17.9 Å². The van der Waals surface area contributed by atoms with Crippen LogP contribution in [0.3, 0.4) is 0 Å². The average Bonchev–Trinajstić information content (AvgIpc) is 3.46. The van der Waals surface area contributed by atoms with Crippen molar-refractivity contribution in [2.24, 2.45) is 0 Å². The number of imidazole rings is 1. The minimum Gasteiger partial charge on any atom is -0.454 e. The highest BCUT2D eigenvalue weighted by Crippen LogP contribution is 2.35. The van der Waals surface area contributed by atoms with Crippen LogP contribution < -0.4 is 14.8 Å². The molecule has 5 rings (SSSR count). The van der Waals surface area contributed by atoms with Crippen molar-refractivity contribution >= 4 is 23.4 Å². The molecule has 0 bridgehead atoms. The molecule has 6 nitrogen and oxygen atoms in total. The number of amides is 1. The van der Waals surface area contributed by atoms with Gasteiger partial charge in [0, 0.05) is 22.9 Å². The third kappa shape index (κ3) is 4.27. The molecular formula is C24H19N3O3S.